The van der Waals surface area contributed by atoms with Gasteiger partial charge in [-0.15, -0.1) is 11.3 Å². The number of carbonyl (C=O) groups is 1. The fourth-order valence-electron chi connectivity index (χ4n) is 3.33. The van der Waals surface area contributed by atoms with E-state index in [0.29, 0.717) is 5.13 Å². The lowest BCUT2D eigenvalue weighted by atomic mass is 9.96. The number of hydrogen-bond donors (Lipinski definition) is 1. The zero-order valence-electron chi connectivity index (χ0n) is 15.9. The molecule has 3 aromatic rings. The fourth-order valence-corrected chi connectivity index (χ4v) is 4.33. The second kappa shape index (κ2) is 8.02. The van der Waals surface area contributed by atoms with Gasteiger partial charge in [0.2, 0.25) is 12.7 Å². The molecule has 2 aromatic carbocycles. The third-order valence-electron chi connectivity index (χ3n) is 4.85. The molecule has 1 aliphatic heterocycles. The van der Waals surface area contributed by atoms with Gasteiger partial charge in [0.25, 0.3) is 0 Å². The van der Waals surface area contributed by atoms with Gasteiger partial charge in [0.05, 0.1) is 11.6 Å². The molecule has 5 nitrogen and oxygen atoms in total. The van der Waals surface area contributed by atoms with Crippen LogP contribution in [-0.4, -0.2) is 17.7 Å². The molecule has 2 heterocycles. The lowest BCUT2D eigenvalue weighted by Crippen LogP contribution is -2.20. The summed E-state index contributed by atoms with van der Waals surface area (Å²) in [6.07, 6.45) is 1.48. The number of hydrogen-bond acceptors (Lipinski definition) is 5. The summed E-state index contributed by atoms with van der Waals surface area (Å²) >= 11 is 1.52. The lowest BCUT2D eigenvalue weighted by molar-refractivity contribution is -0.117. The Kier molecular flexibility index (Phi) is 5.30. The van der Waals surface area contributed by atoms with E-state index >= 15 is 0 Å². The summed E-state index contributed by atoms with van der Waals surface area (Å²) in [6, 6.07) is 15.8. The summed E-state index contributed by atoms with van der Waals surface area (Å²) in [4.78, 5) is 18.5. The minimum atomic E-state index is -0.178. The zero-order valence-corrected chi connectivity index (χ0v) is 16.7. The van der Waals surface area contributed by atoms with Gasteiger partial charge >= 0.3 is 0 Å². The average Bonchev–Trinajstić information content (AvgIpc) is 3.29. The highest BCUT2D eigenvalue weighted by Crippen LogP contribution is 2.34. The van der Waals surface area contributed by atoms with Crippen molar-refractivity contribution >= 4 is 22.4 Å². The summed E-state index contributed by atoms with van der Waals surface area (Å²) in [7, 11) is 0. The van der Waals surface area contributed by atoms with Crippen LogP contribution in [0.5, 0.6) is 11.5 Å². The molecule has 0 fully saturated rings. The van der Waals surface area contributed by atoms with E-state index in [1.54, 1.807) is 0 Å². The highest BCUT2D eigenvalue weighted by atomic mass is 32.1. The Balaban J connectivity index is 1.47. The van der Waals surface area contributed by atoms with Crippen LogP contribution in [0, 0.1) is 6.92 Å². The number of nitrogens with one attached hydrogen (secondary N) is 1. The first-order valence-electron chi connectivity index (χ1n) is 9.34. The number of fused-ring (bicyclic) bond motifs is 1. The van der Waals surface area contributed by atoms with Gasteiger partial charge < -0.3 is 14.8 Å². The Morgan fingerprint density at radius 1 is 1.18 bits per heavy atom. The van der Waals surface area contributed by atoms with Crippen molar-refractivity contribution in [2.24, 2.45) is 0 Å². The molecule has 1 amide bonds. The summed E-state index contributed by atoms with van der Waals surface area (Å²) in [5, 5.41) is 3.65. The molecule has 4 rings (SSSR count). The molecule has 1 unspecified atom stereocenters. The van der Waals surface area contributed by atoms with Crippen molar-refractivity contribution in [1.82, 2.24) is 4.98 Å². The largest absolute Gasteiger partial charge is 0.454 e. The molecule has 1 aromatic heterocycles. The number of anilines is 1. The van der Waals surface area contributed by atoms with Crippen LogP contribution in [0.3, 0.4) is 0 Å². The maximum absolute atomic E-state index is 12.8. The third kappa shape index (κ3) is 3.87. The number of thiazole rings is 1. The molecule has 0 radical (unpaired) electrons. The molecule has 144 valence electrons. The Morgan fingerprint density at radius 3 is 2.75 bits per heavy atom. The topological polar surface area (TPSA) is 60.5 Å². The van der Waals surface area contributed by atoms with Crippen LogP contribution in [0.1, 0.15) is 41.0 Å². The molecular formula is C22H22N2O3S. The van der Waals surface area contributed by atoms with Crippen molar-refractivity contribution in [3.8, 4) is 11.5 Å². The van der Waals surface area contributed by atoms with E-state index in [1.807, 2.05) is 62.4 Å². The van der Waals surface area contributed by atoms with Gasteiger partial charge in [0.15, 0.2) is 16.6 Å². The van der Waals surface area contributed by atoms with Crippen LogP contribution in [0.2, 0.25) is 0 Å². The lowest BCUT2D eigenvalue weighted by Gasteiger charge is -2.14. The van der Waals surface area contributed by atoms with Gasteiger partial charge in [0.1, 0.15) is 0 Å². The molecule has 1 N–H and O–H groups in total. The maximum atomic E-state index is 12.8. The summed E-state index contributed by atoms with van der Waals surface area (Å²) in [6.45, 7) is 4.27. The van der Waals surface area contributed by atoms with E-state index in [2.05, 4.69) is 10.3 Å². The quantitative estimate of drug-likeness (QED) is 0.646. The van der Waals surface area contributed by atoms with Crippen molar-refractivity contribution in [1.29, 1.82) is 0 Å². The first kappa shape index (κ1) is 18.5. The first-order chi connectivity index (χ1) is 13.6. The molecule has 0 saturated heterocycles. The highest BCUT2D eigenvalue weighted by molar-refractivity contribution is 7.15. The van der Waals surface area contributed by atoms with Crippen LogP contribution < -0.4 is 14.8 Å². The third-order valence-corrected chi connectivity index (χ3v) is 5.92. The van der Waals surface area contributed by atoms with Crippen LogP contribution in [0.25, 0.3) is 0 Å². The van der Waals surface area contributed by atoms with Crippen molar-refractivity contribution < 1.29 is 14.3 Å². The summed E-state index contributed by atoms with van der Waals surface area (Å²) < 4.78 is 10.8. The molecule has 0 saturated carbocycles. The number of rotatable bonds is 6. The van der Waals surface area contributed by atoms with Crippen molar-refractivity contribution in [2.75, 3.05) is 12.1 Å². The molecule has 6 heteroatoms. The zero-order chi connectivity index (χ0) is 19.5. The summed E-state index contributed by atoms with van der Waals surface area (Å²) in [5.41, 5.74) is 3.09. The minimum Gasteiger partial charge on any atom is -0.454 e. The molecule has 0 bridgehead atoms. The second-order valence-electron chi connectivity index (χ2n) is 6.75. The number of ether oxygens (including phenoxy) is 2. The van der Waals surface area contributed by atoms with E-state index < -0.39 is 0 Å². The standard InChI is InChI=1S/C22H22N2O3S/c1-3-17(16-7-5-4-6-8-16)21(25)24-22-23-14(2)20(28-22)12-15-9-10-18-19(11-15)27-13-26-18/h4-11,17H,3,12-13H2,1-2H3,(H,23,24,25). The van der Waals surface area contributed by atoms with Crippen LogP contribution in [0.15, 0.2) is 48.5 Å². The van der Waals surface area contributed by atoms with Crippen molar-refractivity contribution in [2.45, 2.75) is 32.6 Å². The number of nitrogens with zero attached hydrogens (tertiary/aromatic N) is 1. The van der Waals surface area contributed by atoms with E-state index in [-0.39, 0.29) is 18.6 Å². The van der Waals surface area contributed by atoms with E-state index in [0.717, 1.165) is 46.0 Å². The Bertz CT molecular complexity index is 985. The predicted octanol–water partition coefficient (Wildman–Crippen LogP) is 4.90. The average molecular weight is 394 g/mol. The monoisotopic (exact) mass is 394 g/mol. The number of benzene rings is 2. The van der Waals surface area contributed by atoms with E-state index in [4.69, 9.17) is 9.47 Å². The molecule has 0 spiro atoms. The predicted molar refractivity (Wildman–Crippen MR) is 110 cm³/mol. The number of aryl methyl sites for hydroxylation is 1. The normalized spacial score (nSPS) is 13.4. The highest BCUT2D eigenvalue weighted by Gasteiger charge is 2.21. The van der Waals surface area contributed by atoms with Gasteiger partial charge in [-0.3, -0.25) is 4.79 Å². The van der Waals surface area contributed by atoms with Gasteiger partial charge in [0, 0.05) is 11.3 Å². The van der Waals surface area contributed by atoms with Crippen LogP contribution in [0.4, 0.5) is 5.13 Å². The number of carbonyl (C=O) groups excluding carboxylic acids is 1. The van der Waals surface area contributed by atoms with Gasteiger partial charge in [-0.05, 0) is 36.6 Å². The molecular weight excluding hydrogens is 372 g/mol. The summed E-state index contributed by atoms with van der Waals surface area (Å²) in [5.74, 6) is 1.37. The second-order valence-corrected chi connectivity index (χ2v) is 7.84. The molecule has 0 aliphatic carbocycles. The van der Waals surface area contributed by atoms with Gasteiger partial charge in [-0.2, -0.15) is 0 Å². The van der Waals surface area contributed by atoms with Gasteiger partial charge in [-0.25, -0.2) is 4.98 Å². The van der Waals surface area contributed by atoms with Crippen LogP contribution in [-0.2, 0) is 11.2 Å². The Morgan fingerprint density at radius 2 is 1.96 bits per heavy atom. The van der Waals surface area contributed by atoms with E-state index in [9.17, 15) is 4.79 Å². The molecule has 1 atom stereocenters. The molecule has 1 aliphatic rings. The van der Waals surface area contributed by atoms with E-state index in [1.165, 1.54) is 11.3 Å². The van der Waals surface area contributed by atoms with Crippen LogP contribution >= 0.6 is 11.3 Å². The first-order valence-corrected chi connectivity index (χ1v) is 10.2. The Hall–Kier alpha value is -2.86. The number of amides is 1. The van der Waals surface area contributed by atoms with Crippen molar-refractivity contribution in [3.63, 3.8) is 0 Å². The Labute approximate surface area is 168 Å². The van der Waals surface area contributed by atoms with Crippen molar-refractivity contribution in [3.05, 3.63) is 70.2 Å². The fraction of sp³-hybridized carbons (Fsp3) is 0.273. The SMILES string of the molecule is CCC(C(=O)Nc1nc(C)c(Cc2ccc3c(c2)OCO3)s1)c1ccccc1. The minimum absolute atomic E-state index is 0.0166. The smallest absolute Gasteiger partial charge is 0.233 e. The van der Waals surface area contributed by atoms with Gasteiger partial charge in [-0.1, -0.05) is 43.3 Å². The maximum Gasteiger partial charge on any atom is 0.233 e. The number of aromatic nitrogens is 1. The molecule has 28 heavy (non-hydrogen) atoms.